The normalized spacial score (nSPS) is 13.1. The van der Waals surface area contributed by atoms with Crippen LogP contribution in [-0.2, 0) is 17.1 Å². The molecule has 6 nitrogen and oxygen atoms in total. The molecule has 0 spiro atoms. The molecule has 0 aliphatic heterocycles. The highest BCUT2D eigenvalue weighted by atomic mass is 32.2. The van der Waals surface area contributed by atoms with E-state index in [1.165, 1.54) is 6.20 Å². The number of para-hydroxylation sites is 1. The van der Waals surface area contributed by atoms with Crippen LogP contribution >= 0.6 is 0 Å². The van der Waals surface area contributed by atoms with Gasteiger partial charge in [-0.2, -0.15) is 0 Å². The molecule has 0 fully saturated rings. The van der Waals surface area contributed by atoms with Crippen LogP contribution in [0.4, 0.5) is 0 Å². The fourth-order valence-electron chi connectivity index (χ4n) is 3.40. The summed E-state index contributed by atoms with van der Waals surface area (Å²) in [5.41, 5.74) is 3.13. The minimum absolute atomic E-state index is 0.0400. The molecule has 1 atom stereocenters. The van der Waals surface area contributed by atoms with E-state index in [0.717, 1.165) is 22.0 Å². The minimum Gasteiger partial charge on any atom is -0.361 e. The van der Waals surface area contributed by atoms with Crippen LogP contribution in [0.3, 0.4) is 0 Å². The standard InChI is InChI=1S/C21H22N4O2S/c1-15-24-21(14-25(15)2)28(26,27)23-13-18(16-8-4-3-5-9-16)19-12-22-20-11-7-6-10-17(19)20/h3-12,14,18,22-23H,13H2,1-2H3. The molecule has 1 unspecified atom stereocenters. The number of aromatic amines is 1. The first-order valence-corrected chi connectivity index (χ1v) is 10.5. The van der Waals surface area contributed by atoms with Gasteiger partial charge in [-0.3, -0.25) is 0 Å². The van der Waals surface area contributed by atoms with E-state index in [2.05, 4.69) is 14.7 Å². The van der Waals surface area contributed by atoms with E-state index >= 15 is 0 Å². The van der Waals surface area contributed by atoms with E-state index in [4.69, 9.17) is 0 Å². The van der Waals surface area contributed by atoms with Crippen LogP contribution < -0.4 is 4.72 Å². The maximum absolute atomic E-state index is 12.8. The molecule has 0 bridgehead atoms. The molecule has 0 saturated carbocycles. The highest BCUT2D eigenvalue weighted by Crippen LogP contribution is 2.30. The molecule has 2 N–H and O–H groups in total. The lowest BCUT2D eigenvalue weighted by Gasteiger charge is -2.18. The van der Waals surface area contributed by atoms with Crippen molar-refractivity contribution in [2.24, 2.45) is 7.05 Å². The highest BCUT2D eigenvalue weighted by molar-refractivity contribution is 7.89. The Bertz CT molecular complexity index is 1190. The monoisotopic (exact) mass is 394 g/mol. The number of imidazole rings is 1. The Morgan fingerprint density at radius 1 is 1.11 bits per heavy atom. The zero-order valence-corrected chi connectivity index (χ0v) is 16.6. The molecular formula is C21H22N4O2S. The first-order valence-electron chi connectivity index (χ1n) is 9.06. The second-order valence-electron chi connectivity index (χ2n) is 6.84. The first-order chi connectivity index (χ1) is 13.5. The van der Waals surface area contributed by atoms with Gasteiger partial charge >= 0.3 is 0 Å². The van der Waals surface area contributed by atoms with Crippen molar-refractivity contribution in [2.75, 3.05) is 6.54 Å². The lowest BCUT2D eigenvalue weighted by atomic mass is 9.91. The minimum atomic E-state index is -3.70. The zero-order chi connectivity index (χ0) is 19.7. The Hall–Kier alpha value is -2.90. The van der Waals surface area contributed by atoms with Gasteiger partial charge in [0.15, 0.2) is 5.03 Å². The smallest absolute Gasteiger partial charge is 0.259 e. The van der Waals surface area contributed by atoms with Crippen LogP contribution in [0.1, 0.15) is 22.9 Å². The number of hydrogen-bond acceptors (Lipinski definition) is 3. The number of hydrogen-bond donors (Lipinski definition) is 2. The number of nitrogens with zero attached hydrogens (tertiary/aromatic N) is 2. The van der Waals surface area contributed by atoms with E-state index in [-0.39, 0.29) is 17.5 Å². The number of nitrogens with one attached hydrogen (secondary N) is 2. The second kappa shape index (κ2) is 7.26. The fraction of sp³-hybridized carbons (Fsp3) is 0.190. The number of sulfonamides is 1. The van der Waals surface area contributed by atoms with Gasteiger partial charge in [-0.05, 0) is 24.1 Å². The Balaban J connectivity index is 1.69. The molecule has 0 aliphatic rings. The van der Waals surface area contributed by atoms with E-state index < -0.39 is 10.0 Å². The largest absolute Gasteiger partial charge is 0.361 e. The number of aromatic nitrogens is 3. The van der Waals surface area contributed by atoms with Crippen molar-refractivity contribution in [3.8, 4) is 0 Å². The lowest BCUT2D eigenvalue weighted by Crippen LogP contribution is -2.29. The van der Waals surface area contributed by atoms with Gasteiger partial charge in [-0.25, -0.2) is 18.1 Å². The topological polar surface area (TPSA) is 79.8 Å². The van der Waals surface area contributed by atoms with Gasteiger partial charge < -0.3 is 9.55 Å². The fourth-order valence-corrected chi connectivity index (χ4v) is 4.48. The molecule has 2 aromatic heterocycles. The molecule has 4 rings (SSSR count). The molecule has 0 aliphatic carbocycles. The van der Waals surface area contributed by atoms with Crippen LogP contribution in [0.5, 0.6) is 0 Å². The summed E-state index contributed by atoms with van der Waals surface area (Å²) in [5.74, 6) is 0.522. The van der Waals surface area contributed by atoms with Crippen LogP contribution in [-0.4, -0.2) is 29.5 Å². The highest BCUT2D eigenvalue weighted by Gasteiger charge is 2.23. The summed E-state index contributed by atoms with van der Waals surface area (Å²) in [7, 11) is -1.92. The average molecular weight is 395 g/mol. The van der Waals surface area contributed by atoms with Crippen molar-refractivity contribution in [3.05, 3.63) is 83.9 Å². The van der Waals surface area contributed by atoms with Gasteiger partial charge in [0.25, 0.3) is 10.0 Å². The van der Waals surface area contributed by atoms with Crippen LogP contribution in [0.2, 0.25) is 0 Å². The summed E-state index contributed by atoms with van der Waals surface area (Å²) in [6.07, 6.45) is 3.49. The Labute approximate surface area is 164 Å². The average Bonchev–Trinajstić information content (AvgIpc) is 3.27. The number of rotatable bonds is 6. The predicted octanol–water partition coefficient (Wildman–Crippen LogP) is 3.32. The van der Waals surface area contributed by atoms with Crippen LogP contribution in [0.25, 0.3) is 10.9 Å². The molecule has 0 saturated heterocycles. The van der Waals surface area contributed by atoms with Crippen molar-refractivity contribution in [2.45, 2.75) is 17.9 Å². The van der Waals surface area contributed by atoms with E-state index in [1.54, 1.807) is 18.5 Å². The zero-order valence-electron chi connectivity index (χ0n) is 15.8. The SMILES string of the molecule is Cc1nc(S(=O)(=O)NCC(c2ccccc2)c2c[nH]c3ccccc23)cn1C. The molecule has 2 heterocycles. The van der Waals surface area contributed by atoms with Gasteiger partial charge in [0.1, 0.15) is 5.82 Å². The van der Waals surface area contributed by atoms with Crippen LogP contribution in [0.15, 0.2) is 72.0 Å². The maximum atomic E-state index is 12.8. The molecule has 0 amide bonds. The lowest BCUT2D eigenvalue weighted by molar-refractivity contribution is 0.574. The molecule has 7 heteroatoms. The summed E-state index contributed by atoms with van der Waals surface area (Å²) in [6.45, 7) is 2.02. The number of aryl methyl sites for hydroxylation is 2. The maximum Gasteiger partial charge on any atom is 0.259 e. The molecule has 28 heavy (non-hydrogen) atoms. The summed E-state index contributed by atoms with van der Waals surface area (Å²) in [6, 6.07) is 18.0. The van der Waals surface area contributed by atoms with E-state index in [9.17, 15) is 8.42 Å². The van der Waals surface area contributed by atoms with Gasteiger partial charge in [0.2, 0.25) is 0 Å². The predicted molar refractivity (Wildman–Crippen MR) is 110 cm³/mol. The molecule has 2 aromatic carbocycles. The molecular weight excluding hydrogens is 372 g/mol. The Morgan fingerprint density at radius 3 is 2.54 bits per heavy atom. The molecule has 144 valence electrons. The van der Waals surface area contributed by atoms with E-state index in [1.807, 2.05) is 60.8 Å². The van der Waals surface area contributed by atoms with Gasteiger partial charge in [0.05, 0.1) is 0 Å². The first kappa shape index (κ1) is 18.5. The van der Waals surface area contributed by atoms with Crippen LogP contribution in [0, 0.1) is 6.92 Å². The summed E-state index contributed by atoms with van der Waals surface area (Å²) >= 11 is 0. The second-order valence-corrected chi connectivity index (χ2v) is 8.56. The van der Waals surface area contributed by atoms with Gasteiger partial charge in [-0.15, -0.1) is 0 Å². The van der Waals surface area contributed by atoms with Crippen molar-refractivity contribution < 1.29 is 8.42 Å². The Kier molecular flexibility index (Phi) is 4.78. The molecule has 4 aromatic rings. The Morgan fingerprint density at radius 2 is 1.82 bits per heavy atom. The number of benzene rings is 2. The van der Waals surface area contributed by atoms with Gasteiger partial charge in [0, 0.05) is 42.8 Å². The number of H-pyrrole nitrogens is 1. The summed E-state index contributed by atoms with van der Waals surface area (Å²) in [5, 5.41) is 1.13. The molecule has 0 radical (unpaired) electrons. The van der Waals surface area contributed by atoms with Crippen molar-refractivity contribution in [1.29, 1.82) is 0 Å². The third-order valence-electron chi connectivity index (χ3n) is 5.04. The quantitative estimate of drug-likeness (QED) is 0.526. The van der Waals surface area contributed by atoms with Crippen molar-refractivity contribution in [3.63, 3.8) is 0 Å². The summed E-state index contributed by atoms with van der Waals surface area (Å²) < 4.78 is 30.0. The third kappa shape index (κ3) is 3.46. The number of fused-ring (bicyclic) bond motifs is 1. The van der Waals surface area contributed by atoms with Crippen molar-refractivity contribution in [1.82, 2.24) is 19.3 Å². The third-order valence-corrected chi connectivity index (χ3v) is 6.33. The van der Waals surface area contributed by atoms with Gasteiger partial charge in [-0.1, -0.05) is 48.5 Å². The van der Waals surface area contributed by atoms with Crippen molar-refractivity contribution >= 4 is 20.9 Å². The van der Waals surface area contributed by atoms with E-state index in [0.29, 0.717) is 5.82 Å². The summed E-state index contributed by atoms with van der Waals surface area (Å²) in [4.78, 5) is 7.44.